The van der Waals surface area contributed by atoms with E-state index in [0.29, 0.717) is 26.2 Å². The van der Waals surface area contributed by atoms with Gasteiger partial charge in [-0.2, -0.15) is 4.31 Å². The Morgan fingerprint density at radius 3 is 2.39 bits per heavy atom. The van der Waals surface area contributed by atoms with E-state index in [9.17, 15) is 18.5 Å². The number of rotatable bonds is 4. The second kappa shape index (κ2) is 6.52. The number of hydrogen-bond acceptors (Lipinski definition) is 6. The second-order valence-corrected chi connectivity index (χ2v) is 7.43. The van der Waals surface area contributed by atoms with Crippen LogP contribution in [0.15, 0.2) is 29.2 Å². The van der Waals surface area contributed by atoms with E-state index in [4.69, 9.17) is 9.47 Å². The van der Waals surface area contributed by atoms with Gasteiger partial charge in [-0.1, -0.05) is 6.42 Å². The smallest absolute Gasteiger partial charge is 0.269 e. The van der Waals surface area contributed by atoms with Gasteiger partial charge in [0.15, 0.2) is 6.29 Å². The van der Waals surface area contributed by atoms with Crippen LogP contribution in [0.1, 0.15) is 19.3 Å². The van der Waals surface area contributed by atoms with Crippen LogP contribution >= 0.6 is 0 Å². The number of ether oxygens (including phenoxy) is 2. The Balaban J connectivity index is 1.88. The van der Waals surface area contributed by atoms with Gasteiger partial charge in [-0.25, -0.2) is 8.42 Å². The highest BCUT2D eigenvalue weighted by Gasteiger charge is 2.40. The Bertz CT molecular complexity index is 669. The molecule has 0 amide bonds. The zero-order valence-corrected chi connectivity index (χ0v) is 13.3. The molecule has 0 unspecified atom stereocenters. The van der Waals surface area contributed by atoms with Crippen molar-refractivity contribution in [3.05, 3.63) is 34.4 Å². The number of nitro benzene ring substituents is 1. The fourth-order valence-corrected chi connectivity index (χ4v) is 4.66. The van der Waals surface area contributed by atoms with Gasteiger partial charge < -0.3 is 9.47 Å². The average molecular weight is 342 g/mol. The lowest BCUT2D eigenvalue weighted by atomic mass is 10.0. The highest BCUT2D eigenvalue weighted by atomic mass is 32.2. The van der Waals surface area contributed by atoms with Gasteiger partial charge in [0.05, 0.1) is 29.1 Å². The summed E-state index contributed by atoms with van der Waals surface area (Å²) in [5, 5.41) is 10.7. The first-order valence-corrected chi connectivity index (χ1v) is 8.93. The van der Waals surface area contributed by atoms with Crippen molar-refractivity contribution in [3.63, 3.8) is 0 Å². The molecule has 2 fully saturated rings. The number of piperidine rings is 1. The minimum absolute atomic E-state index is 0.0491. The molecule has 2 saturated heterocycles. The number of benzene rings is 1. The van der Waals surface area contributed by atoms with E-state index in [1.807, 2.05) is 0 Å². The Labute approximate surface area is 134 Å². The number of nitro groups is 1. The van der Waals surface area contributed by atoms with Gasteiger partial charge >= 0.3 is 0 Å². The van der Waals surface area contributed by atoms with E-state index in [-0.39, 0.29) is 16.6 Å². The summed E-state index contributed by atoms with van der Waals surface area (Å²) < 4.78 is 38.1. The molecule has 2 heterocycles. The maximum Gasteiger partial charge on any atom is 0.269 e. The van der Waals surface area contributed by atoms with Crippen molar-refractivity contribution < 1.29 is 22.8 Å². The van der Waals surface area contributed by atoms with E-state index < -0.39 is 21.2 Å². The Kier molecular flexibility index (Phi) is 4.62. The maximum atomic E-state index is 12.9. The molecule has 0 aliphatic carbocycles. The largest absolute Gasteiger partial charge is 0.349 e. The zero-order valence-electron chi connectivity index (χ0n) is 12.5. The molecule has 9 heteroatoms. The highest BCUT2D eigenvalue weighted by Crippen LogP contribution is 2.30. The van der Waals surface area contributed by atoms with Crippen molar-refractivity contribution in [2.24, 2.45) is 0 Å². The molecule has 3 rings (SSSR count). The molecular formula is C14H18N2O6S. The van der Waals surface area contributed by atoms with Crippen LogP contribution in [0.2, 0.25) is 0 Å². The fourth-order valence-electron chi connectivity index (χ4n) is 2.98. The van der Waals surface area contributed by atoms with Gasteiger partial charge in [0, 0.05) is 18.7 Å². The van der Waals surface area contributed by atoms with E-state index >= 15 is 0 Å². The van der Waals surface area contributed by atoms with Crippen molar-refractivity contribution >= 4 is 15.7 Å². The molecule has 126 valence electrons. The summed E-state index contributed by atoms with van der Waals surface area (Å²) in [6.07, 6.45) is 1.83. The van der Waals surface area contributed by atoms with Crippen LogP contribution < -0.4 is 0 Å². The maximum absolute atomic E-state index is 12.9. The predicted molar refractivity (Wildman–Crippen MR) is 80.3 cm³/mol. The number of non-ortho nitro benzene ring substituents is 1. The standard InChI is InChI=1S/C14H18N2O6S/c17-16(18)11-4-6-12(7-5-11)23(19,20)15-8-2-1-3-13(15)14-21-9-10-22-14/h4-7,13-14H,1-3,8-10H2/t13-/m0/s1. The normalized spacial score (nSPS) is 23.9. The molecule has 0 N–H and O–H groups in total. The first kappa shape index (κ1) is 16.3. The molecule has 0 aromatic heterocycles. The van der Waals surface area contributed by atoms with Crippen LogP contribution in [0.3, 0.4) is 0 Å². The summed E-state index contributed by atoms with van der Waals surface area (Å²) in [6, 6.07) is 4.60. The van der Waals surface area contributed by atoms with Crippen LogP contribution in [0, 0.1) is 10.1 Å². The number of nitrogens with zero attached hydrogens (tertiary/aromatic N) is 2. The van der Waals surface area contributed by atoms with Crippen LogP contribution in [0.4, 0.5) is 5.69 Å². The molecule has 1 aromatic carbocycles. The molecule has 0 saturated carbocycles. The molecule has 1 aromatic rings. The van der Waals surface area contributed by atoms with Crippen LogP contribution in [-0.2, 0) is 19.5 Å². The lowest BCUT2D eigenvalue weighted by Crippen LogP contribution is -2.50. The first-order chi connectivity index (χ1) is 11.0. The van der Waals surface area contributed by atoms with Crippen LogP contribution in [0.5, 0.6) is 0 Å². The van der Waals surface area contributed by atoms with Gasteiger partial charge in [-0.15, -0.1) is 0 Å². The van der Waals surface area contributed by atoms with Crippen molar-refractivity contribution in [1.82, 2.24) is 4.31 Å². The summed E-state index contributed by atoms with van der Waals surface area (Å²) in [5.74, 6) is 0. The van der Waals surface area contributed by atoms with E-state index in [0.717, 1.165) is 12.8 Å². The molecule has 0 radical (unpaired) electrons. The van der Waals surface area contributed by atoms with Crippen LogP contribution in [-0.4, -0.2) is 49.7 Å². The third-order valence-electron chi connectivity index (χ3n) is 4.11. The lowest BCUT2D eigenvalue weighted by Gasteiger charge is -2.36. The second-order valence-electron chi connectivity index (χ2n) is 5.54. The minimum atomic E-state index is -3.74. The topological polar surface area (TPSA) is 99.0 Å². The number of hydrogen-bond donors (Lipinski definition) is 0. The van der Waals surface area contributed by atoms with Gasteiger partial charge in [-0.3, -0.25) is 10.1 Å². The molecule has 0 spiro atoms. The third-order valence-corrected chi connectivity index (χ3v) is 6.05. The Morgan fingerprint density at radius 1 is 1.13 bits per heavy atom. The summed E-state index contributed by atoms with van der Waals surface area (Å²) in [6.45, 7) is 1.33. The third kappa shape index (κ3) is 3.23. The van der Waals surface area contributed by atoms with Crippen molar-refractivity contribution in [2.75, 3.05) is 19.8 Å². The van der Waals surface area contributed by atoms with Gasteiger partial charge in [0.2, 0.25) is 10.0 Å². The molecule has 23 heavy (non-hydrogen) atoms. The van der Waals surface area contributed by atoms with E-state index in [1.54, 1.807) is 0 Å². The summed E-state index contributed by atoms with van der Waals surface area (Å²) in [7, 11) is -3.74. The molecule has 0 bridgehead atoms. The molecule has 1 atom stereocenters. The minimum Gasteiger partial charge on any atom is -0.349 e. The zero-order chi connectivity index (χ0) is 16.4. The van der Waals surface area contributed by atoms with Crippen LogP contribution in [0.25, 0.3) is 0 Å². The summed E-state index contributed by atoms with van der Waals surface area (Å²) >= 11 is 0. The van der Waals surface area contributed by atoms with Gasteiger partial charge in [0.1, 0.15) is 0 Å². The predicted octanol–water partition coefficient (Wildman–Crippen LogP) is 1.51. The molecule has 8 nitrogen and oxygen atoms in total. The SMILES string of the molecule is O=[N+]([O-])c1ccc(S(=O)(=O)N2CCCC[C@H]2C2OCCO2)cc1. The monoisotopic (exact) mass is 342 g/mol. The first-order valence-electron chi connectivity index (χ1n) is 7.49. The quantitative estimate of drug-likeness (QED) is 0.607. The molecule has 2 aliphatic heterocycles. The van der Waals surface area contributed by atoms with Crippen molar-refractivity contribution in [2.45, 2.75) is 36.5 Å². The van der Waals surface area contributed by atoms with E-state index in [1.165, 1.54) is 28.6 Å². The molecule has 2 aliphatic rings. The van der Waals surface area contributed by atoms with Crippen molar-refractivity contribution in [3.8, 4) is 0 Å². The lowest BCUT2D eigenvalue weighted by molar-refractivity contribution is -0.384. The van der Waals surface area contributed by atoms with Crippen molar-refractivity contribution in [1.29, 1.82) is 0 Å². The Hall–Kier alpha value is -1.55. The summed E-state index contributed by atoms with van der Waals surface area (Å²) in [5.41, 5.74) is -0.137. The Morgan fingerprint density at radius 2 is 1.78 bits per heavy atom. The van der Waals surface area contributed by atoms with Gasteiger partial charge in [-0.05, 0) is 25.0 Å². The number of sulfonamides is 1. The van der Waals surface area contributed by atoms with Gasteiger partial charge in [0.25, 0.3) is 5.69 Å². The fraction of sp³-hybridized carbons (Fsp3) is 0.571. The highest BCUT2D eigenvalue weighted by molar-refractivity contribution is 7.89. The molecular weight excluding hydrogens is 324 g/mol. The van der Waals surface area contributed by atoms with E-state index in [2.05, 4.69) is 0 Å². The summed E-state index contributed by atoms with van der Waals surface area (Å²) in [4.78, 5) is 10.2. The average Bonchev–Trinajstić information content (AvgIpc) is 3.09.